The van der Waals surface area contributed by atoms with Crippen LogP contribution in [0.3, 0.4) is 0 Å². The predicted molar refractivity (Wildman–Crippen MR) is 120 cm³/mol. The minimum absolute atomic E-state index is 0.185. The van der Waals surface area contributed by atoms with Crippen molar-refractivity contribution in [1.82, 2.24) is 10.6 Å². The van der Waals surface area contributed by atoms with E-state index in [4.69, 9.17) is 24.4 Å². The molecular weight excluding hydrogens is 392 g/mol. The summed E-state index contributed by atoms with van der Waals surface area (Å²) < 4.78 is 0. The molecule has 0 unspecified atom stereocenters. The molecule has 0 bridgehead atoms. The molecule has 0 atom stereocenters. The molecule has 0 spiro atoms. The number of hydrogen-bond donors (Lipinski definition) is 4. The van der Waals surface area contributed by atoms with Gasteiger partial charge in [-0.25, -0.2) is 0 Å². The van der Waals surface area contributed by atoms with Crippen LogP contribution >= 0.6 is 24.4 Å². The van der Waals surface area contributed by atoms with E-state index in [0.29, 0.717) is 12.8 Å². The molecule has 2 aromatic carbocycles. The SMILES string of the molecule is O=C(CCCCC(=O)NC(=S)Nc1ccccc1)NC(=S)Nc1ccccc1. The van der Waals surface area contributed by atoms with Crippen LogP contribution in [0, 0.1) is 0 Å². The third kappa shape index (κ3) is 8.70. The number of nitrogens with one attached hydrogen (secondary N) is 4. The fourth-order valence-electron chi connectivity index (χ4n) is 2.32. The molecule has 2 amide bonds. The molecule has 0 aromatic heterocycles. The molecule has 0 saturated carbocycles. The second-order valence-corrected chi connectivity index (χ2v) is 6.76. The Morgan fingerprint density at radius 3 is 1.36 bits per heavy atom. The molecular formula is C20H22N4O2S2. The number of para-hydroxylation sites is 2. The van der Waals surface area contributed by atoms with E-state index in [1.807, 2.05) is 60.7 Å². The normalized spacial score (nSPS) is 9.86. The van der Waals surface area contributed by atoms with E-state index in [1.165, 1.54) is 0 Å². The zero-order valence-corrected chi connectivity index (χ0v) is 16.9. The summed E-state index contributed by atoms with van der Waals surface area (Å²) in [5, 5.41) is 11.6. The molecule has 8 heteroatoms. The molecule has 0 aliphatic rings. The summed E-state index contributed by atoms with van der Waals surface area (Å²) in [6.07, 6.45) is 1.73. The highest BCUT2D eigenvalue weighted by molar-refractivity contribution is 7.80. The average Bonchev–Trinajstić information content (AvgIpc) is 2.66. The van der Waals surface area contributed by atoms with Crippen molar-refractivity contribution in [3.63, 3.8) is 0 Å². The molecule has 0 fully saturated rings. The van der Waals surface area contributed by atoms with Gasteiger partial charge in [0.2, 0.25) is 11.8 Å². The lowest BCUT2D eigenvalue weighted by molar-refractivity contribution is -0.121. The summed E-state index contributed by atoms with van der Waals surface area (Å²) in [7, 11) is 0. The monoisotopic (exact) mass is 414 g/mol. The Morgan fingerprint density at radius 1 is 0.643 bits per heavy atom. The number of benzene rings is 2. The fraction of sp³-hybridized carbons (Fsp3) is 0.200. The van der Waals surface area contributed by atoms with E-state index in [1.54, 1.807) is 0 Å². The van der Waals surface area contributed by atoms with Crippen molar-refractivity contribution in [2.45, 2.75) is 25.7 Å². The minimum atomic E-state index is -0.185. The van der Waals surface area contributed by atoms with Gasteiger partial charge in [0.1, 0.15) is 0 Å². The molecule has 4 N–H and O–H groups in total. The van der Waals surface area contributed by atoms with Gasteiger partial charge in [-0.2, -0.15) is 0 Å². The number of amides is 2. The molecule has 0 saturated heterocycles. The van der Waals surface area contributed by atoms with Crippen LogP contribution in [0.25, 0.3) is 0 Å². The first-order valence-corrected chi connectivity index (χ1v) is 9.66. The molecule has 0 radical (unpaired) electrons. The Kier molecular flexibility index (Phi) is 9.03. The third-order valence-corrected chi connectivity index (χ3v) is 4.04. The fourth-order valence-corrected chi connectivity index (χ4v) is 2.78. The largest absolute Gasteiger partial charge is 0.332 e. The van der Waals surface area contributed by atoms with E-state index in [0.717, 1.165) is 11.4 Å². The Morgan fingerprint density at radius 2 is 1.00 bits per heavy atom. The van der Waals surface area contributed by atoms with Crippen LogP contribution in [0.4, 0.5) is 11.4 Å². The highest BCUT2D eigenvalue weighted by Gasteiger charge is 2.08. The maximum Gasteiger partial charge on any atom is 0.226 e. The Balaban J connectivity index is 1.57. The quantitative estimate of drug-likeness (QED) is 0.410. The number of rotatable bonds is 7. The predicted octanol–water partition coefficient (Wildman–Crippen LogP) is 3.57. The lowest BCUT2D eigenvalue weighted by Gasteiger charge is -2.10. The summed E-state index contributed by atoms with van der Waals surface area (Å²) in [5.74, 6) is -0.370. The van der Waals surface area contributed by atoms with E-state index in [9.17, 15) is 9.59 Å². The number of thiocarbonyl (C=S) groups is 2. The summed E-state index contributed by atoms with van der Waals surface area (Å²) >= 11 is 10.2. The van der Waals surface area contributed by atoms with E-state index in [2.05, 4.69) is 21.3 Å². The highest BCUT2D eigenvalue weighted by atomic mass is 32.1. The maximum atomic E-state index is 11.9. The molecule has 6 nitrogen and oxygen atoms in total. The standard InChI is InChI=1S/C20H22N4O2S2/c25-17(23-19(27)21-15-9-3-1-4-10-15)13-7-8-14-18(26)24-20(28)22-16-11-5-2-6-12-16/h1-6,9-12H,7-8,13-14H2,(H2,21,23,25,27)(H2,22,24,26,28). The lowest BCUT2D eigenvalue weighted by Crippen LogP contribution is -2.34. The first kappa shape index (κ1) is 21.5. The molecule has 2 aromatic rings. The molecule has 2 rings (SSSR count). The molecule has 146 valence electrons. The summed E-state index contributed by atoms with van der Waals surface area (Å²) in [5.41, 5.74) is 1.62. The first-order valence-electron chi connectivity index (χ1n) is 8.84. The van der Waals surface area contributed by atoms with Gasteiger partial charge in [-0.1, -0.05) is 36.4 Å². The second kappa shape index (κ2) is 11.8. The lowest BCUT2D eigenvalue weighted by atomic mass is 10.2. The number of carbonyl (C=O) groups is 2. The Hall–Kier alpha value is -2.84. The van der Waals surface area contributed by atoms with Gasteiger partial charge in [-0.05, 0) is 61.5 Å². The van der Waals surface area contributed by atoms with E-state index < -0.39 is 0 Å². The van der Waals surface area contributed by atoms with Crippen molar-refractivity contribution in [2.24, 2.45) is 0 Å². The van der Waals surface area contributed by atoms with Crippen LogP contribution < -0.4 is 21.3 Å². The summed E-state index contributed by atoms with van der Waals surface area (Å²) in [4.78, 5) is 23.8. The van der Waals surface area contributed by atoms with Gasteiger partial charge in [-0.3, -0.25) is 9.59 Å². The number of carbonyl (C=O) groups excluding carboxylic acids is 2. The van der Waals surface area contributed by atoms with E-state index >= 15 is 0 Å². The van der Waals surface area contributed by atoms with Crippen molar-refractivity contribution in [3.8, 4) is 0 Å². The van der Waals surface area contributed by atoms with Gasteiger partial charge in [0, 0.05) is 24.2 Å². The van der Waals surface area contributed by atoms with Crippen LogP contribution in [-0.2, 0) is 9.59 Å². The van der Waals surface area contributed by atoms with Crippen LogP contribution in [0.5, 0.6) is 0 Å². The summed E-state index contributed by atoms with van der Waals surface area (Å²) in [6, 6.07) is 18.7. The van der Waals surface area contributed by atoms with E-state index in [-0.39, 0.29) is 34.9 Å². The van der Waals surface area contributed by atoms with Gasteiger partial charge in [0.15, 0.2) is 10.2 Å². The third-order valence-electron chi connectivity index (χ3n) is 3.63. The maximum absolute atomic E-state index is 11.9. The molecule has 0 aliphatic heterocycles. The average molecular weight is 415 g/mol. The van der Waals surface area contributed by atoms with Crippen molar-refractivity contribution < 1.29 is 9.59 Å². The summed E-state index contributed by atoms with van der Waals surface area (Å²) in [6.45, 7) is 0. The van der Waals surface area contributed by atoms with Crippen LogP contribution in [0.2, 0.25) is 0 Å². The van der Waals surface area contributed by atoms with Gasteiger partial charge in [-0.15, -0.1) is 0 Å². The molecule has 28 heavy (non-hydrogen) atoms. The topological polar surface area (TPSA) is 82.3 Å². The smallest absolute Gasteiger partial charge is 0.226 e. The van der Waals surface area contributed by atoms with Gasteiger partial charge >= 0.3 is 0 Å². The minimum Gasteiger partial charge on any atom is -0.332 e. The molecule has 0 heterocycles. The molecule has 0 aliphatic carbocycles. The number of hydrogen-bond acceptors (Lipinski definition) is 4. The Bertz CT molecular complexity index is 744. The zero-order valence-electron chi connectivity index (χ0n) is 15.2. The van der Waals surface area contributed by atoms with Crippen LogP contribution in [0.15, 0.2) is 60.7 Å². The number of unbranched alkanes of at least 4 members (excludes halogenated alkanes) is 1. The van der Waals surface area contributed by atoms with Gasteiger partial charge in [0.05, 0.1) is 0 Å². The Labute approximate surface area is 175 Å². The van der Waals surface area contributed by atoms with Crippen molar-refractivity contribution in [3.05, 3.63) is 60.7 Å². The van der Waals surface area contributed by atoms with Crippen molar-refractivity contribution >= 4 is 57.8 Å². The number of anilines is 2. The highest BCUT2D eigenvalue weighted by Crippen LogP contribution is 2.06. The van der Waals surface area contributed by atoms with Crippen molar-refractivity contribution in [1.29, 1.82) is 0 Å². The van der Waals surface area contributed by atoms with Crippen LogP contribution in [0.1, 0.15) is 25.7 Å². The first-order chi connectivity index (χ1) is 13.5. The van der Waals surface area contributed by atoms with Gasteiger partial charge < -0.3 is 21.3 Å². The second-order valence-electron chi connectivity index (χ2n) is 5.94. The van der Waals surface area contributed by atoms with Crippen molar-refractivity contribution in [2.75, 3.05) is 10.6 Å². The zero-order chi connectivity index (χ0) is 20.2. The van der Waals surface area contributed by atoms with Gasteiger partial charge in [0.25, 0.3) is 0 Å². The van der Waals surface area contributed by atoms with Crippen LogP contribution in [-0.4, -0.2) is 22.0 Å².